The van der Waals surface area contributed by atoms with Gasteiger partial charge in [0.25, 0.3) is 0 Å². The van der Waals surface area contributed by atoms with Gasteiger partial charge < -0.3 is 4.74 Å². The predicted octanol–water partition coefficient (Wildman–Crippen LogP) is 6.09. The zero-order valence-corrected chi connectivity index (χ0v) is 16.7. The average Bonchev–Trinajstić information content (AvgIpc) is 3.03. The molecule has 0 fully saturated rings. The van der Waals surface area contributed by atoms with Crippen molar-refractivity contribution in [1.29, 1.82) is 0 Å². The molecule has 1 heterocycles. The van der Waals surface area contributed by atoms with Gasteiger partial charge in [0.2, 0.25) is 0 Å². The number of fused-ring (bicyclic) bond motifs is 1. The van der Waals surface area contributed by atoms with Crippen LogP contribution in [-0.4, -0.2) is 12.6 Å². The van der Waals surface area contributed by atoms with Gasteiger partial charge in [0.05, 0.1) is 12.0 Å². The molecule has 1 atom stereocenters. The normalized spacial score (nSPS) is 13.7. The van der Waals surface area contributed by atoms with E-state index in [1.807, 2.05) is 19.9 Å². The standard InChI is InChI=1S/C23H26O2S/c1-5-25-22(24)23(4,19-12-10-17(11-13-19)16(2)3)15-20-14-18-8-6-7-9-21(18)26-20/h6-14,16H,5,15H2,1-4H3. The third-order valence-corrected chi connectivity index (χ3v) is 6.06. The zero-order valence-electron chi connectivity index (χ0n) is 15.9. The van der Waals surface area contributed by atoms with Crippen molar-refractivity contribution >= 4 is 27.4 Å². The van der Waals surface area contributed by atoms with E-state index in [9.17, 15) is 4.79 Å². The van der Waals surface area contributed by atoms with E-state index in [4.69, 9.17) is 4.74 Å². The first-order valence-electron chi connectivity index (χ1n) is 9.19. The maximum atomic E-state index is 12.9. The molecule has 0 bridgehead atoms. The van der Waals surface area contributed by atoms with Gasteiger partial charge >= 0.3 is 5.97 Å². The molecule has 0 aliphatic carbocycles. The molecule has 0 amide bonds. The largest absolute Gasteiger partial charge is 0.465 e. The van der Waals surface area contributed by atoms with E-state index in [-0.39, 0.29) is 5.97 Å². The van der Waals surface area contributed by atoms with Crippen LogP contribution in [0, 0.1) is 0 Å². The molecule has 3 rings (SSSR count). The summed E-state index contributed by atoms with van der Waals surface area (Å²) < 4.78 is 6.70. The molecule has 0 radical (unpaired) electrons. The van der Waals surface area contributed by atoms with E-state index < -0.39 is 5.41 Å². The van der Waals surface area contributed by atoms with Gasteiger partial charge in [-0.15, -0.1) is 11.3 Å². The lowest BCUT2D eigenvalue weighted by molar-refractivity contribution is -0.149. The van der Waals surface area contributed by atoms with Crippen LogP contribution in [0.25, 0.3) is 10.1 Å². The Kier molecular flexibility index (Phi) is 5.47. The molecule has 2 nitrogen and oxygen atoms in total. The highest BCUT2D eigenvalue weighted by atomic mass is 32.1. The number of hydrogen-bond donors (Lipinski definition) is 0. The number of benzene rings is 2. The van der Waals surface area contributed by atoms with Gasteiger partial charge in [-0.3, -0.25) is 4.79 Å². The minimum Gasteiger partial charge on any atom is -0.465 e. The summed E-state index contributed by atoms with van der Waals surface area (Å²) in [5.74, 6) is 0.315. The number of hydrogen-bond acceptors (Lipinski definition) is 3. The smallest absolute Gasteiger partial charge is 0.316 e. The van der Waals surface area contributed by atoms with Crippen LogP contribution >= 0.6 is 11.3 Å². The van der Waals surface area contributed by atoms with Crippen LogP contribution in [0.5, 0.6) is 0 Å². The van der Waals surface area contributed by atoms with Gasteiger partial charge in [-0.1, -0.05) is 56.3 Å². The Balaban J connectivity index is 1.98. The average molecular weight is 367 g/mol. The van der Waals surface area contributed by atoms with Crippen molar-refractivity contribution < 1.29 is 9.53 Å². The highest BCUT2D eigenvalue weighted by molar-refractivity contribution is 7.19. The number of ether oxygens (including phenoxy) is 1. The topological polar surface area (TPSA) is 26.3 Å². The molecule has 1 unspecified atom stereocenters. The summed E-state index contributed by atoms with van der Waals surface area (Å²) in [4.78, 5) is 14.1. The Morgan fingerprint density at radius 3 is 2.42 bits per heavy atom. The lowest BCUT2D eigenvalue weighted by atomic mass is 9.78. The summed E-state index contributed by atoms with van der Waals surface area (Å²) in [6, 6.07) is 19.0. The van der Waals surface area contributed by atoms with Crippen LogP contribution in [0.15, 0.2) is 54.6 Å². The fourth-order valence-electron chi connectivity index (χ4n) is 3.29. The molecule has 136 valence electrons. The van der Waals surface area contributed by atoms with Crippen molar-refractivity contribution in [2.24, 2.45) is 0 Å². The zero-order chi connectivity index (χ0) is 18.7. The Morgan fingerprint density at radius 1 is 1.12 bits per heavy atom. The second kappa shape index (κ2) is 7.63. The van der Waals surface area contributed by atoms with Gasteiger partial charge in [-0.05, 0) is 48.4 Å². The third kappa shape index (κ3) is 3.68. The summed E-state index contributed by atoms with van der Waals surface area (Å²) in [5.41, 5.74) is 1.60. The monoisotopic (exact) mass is 366 g/mol. The van der Waals surface area contributed by atoms with Crippen LogP contribution in [0.4, 0.5) is 0 Å². The highest BCUT2D eigenvalue weighted by Crippen LogP contribution is 2.35. The van der Waals surface area contributed by atoms with Gasteiger partial charge in [-0.2, -0.15) is 0 Å². The number of rotatable bonds is 6. The fourth-order valence-corrected chi connectivity index (χ4v) is 4.51. The third-order valence-electron chi connectivity index (χ3n) is 4.94. The van der Waals surface area contributed by atoms with Crippen molar-refractivity contribution in [3.05, 3.63) is 70.6 Å². The maximum Gasteiger partial charge on any atom is 0.316 e. The number of carbonyl (C=O) groups excluding carboxylic acids is 1. The minimum absolute atomic E-state index is 0.158. The van der Waals surface area contributed by atoms with Crippen LogP contribution in [-0.2, 0) is 21.4 Å². The molecule has 1 aromatic heterocycles. The van der Waals surface area contributed by atoms with Crippen LogP contribution in [0.2, 0.25) is 0 Å². The van der Waals surface area contributed by atoms with E-state index >= 15 is 0 Å². The molecule has 0 aliphatic heterocycles. The quantitative estimate of drug-likeness (QED) is 0.494. The summed E-state index contributed by atoms with van der Waals surface area (Å²) in [6.45, 7) is 8.61. The van der Waals surface area contributed by atoms with Crippen molar-refractivity contribution in [2.45, 2.75) is 45.4 Å². The van der Waals surface area contributed by atoms with Gasteiger partial charge in [0, 0.05) is 16.0 Å². The van der Waals surface area contributed by atoms with E-state index in [1.165, 1.54) is 20.5 Å². The molecule has 0 aliphatic rings. The Morgan fingerprint density at radius 2 is 1.81 bits per heavy atom. The van der Waals surface area contributed by atoms with Crippen molar-refractivity contribution in [2.75, 3.05) is 6.61 Å². The van der Waals surface area contributed by atoms with Crippen molar-refractivity contribution in [1.82, 2.24) is 0 Å². The highest BCUT2D eigenvalue weighted by Gasteiger charge is 2.37. The molecular formula is C23H26O2S. The van der Waals surface area contributed by atoms with Crippen molar-refractivity contribution in [3.63, 3.8) is 0 Å². The van der Waals surface area contributed by atoms with E-state index in [0.717, 1.165) is 5.56 Å². The fraction of sp³-hybridized carbons (Fsp3) is 0.348. The van der Waals surface area contributed by atoms with E-state index in [0.29, 0.717) is 18.9 Å². The number of carbonyl (C=O) groups is 1. The maximum absolute atomic E-state index is 12.9. The molecule has 0 saturated carbocycles. The predicted molar refractivity (Wildman–Crippen MR) is 110 cm³/mol. The van der Waals surface area contributed by atoms with Crippen LogP contribution in [0.3, 0.4) is 0 Å². The first kappa shape index (κ1) is 18.7. The second-order valence-corrected chi connectivity index (χ2v) is 8.42. The van der Waals surface area contributed by atoms with Gasteiger partial charge in [0.1, 0.15) is 0 Å². The lowest BCUT2D eigenvalue weighted by Crippen LogP contribution is -2.36. The Labute approximate surface area is 159 Å². The van der Waals surface area contributed by atoms with Gasteiger partial charge in [-0.25, -0.2) is 0 Å². The van der Waals surface area contributed by atoms with Gasteiger partial charge in [0.15, 0.2) is 0 Å². The molecule has 2 aromatic carbocycles. The summed E-state index contributed by atoms with van der Waals surface area (Å²) in [5, 5.41) is 1.23. The second-order valence-electron chi connectivity index (χ2n) is 7.26. The number of esters is 1. The molecule has 26 heavy (non-hydrogen) atoms. The van der Waals surface area contributed by atoms with Crippen LogP contribution in [0.1, 0.15) is 49.6 Å². The first-order valence-corrected chi connectivity index (χ1v) is 10.0. The Hall–Kier alpha value is -2.13. The SMILES string of the molecule is CCOC(=O)C(C)(Cc1cc2ccccc2s1)c1ccc(C(C)C)cc1. The Bertz CT molecular complexity index is 859. The summed E-state index contributed by atoms with van der Waals surface area (Å²) in [6.07, 6.45) is 0.645. The molecule has 3 heteroatoms. The summed E-state index contributed by atoms with van der Waals surface area (Å²) >= 11 is 1.75. The molecule has 0 saturated heterocycles. The summed E-state index contributed by atoms with van der Waals surface area (Å²) in [7, 11) is 0. The van der Waals surface area contributed by atoms with E-state index in [2.05, 4.69) is 62.4 Å². The minimum atomic E-state index is -0.688. The molecule has 0 N–H and O–H groups in total. The number of thiophene rings is 1. The first-order chi connectivity index (χ1) is 12.4. The molecule has 3 aromatic rings. The molecular weight excluding hydrogens is 340 g/mol. The van der Waals surface area contributed by atoms with E-state index in [1.54, 1.807) is 11.3 Å². The lowest BCUT2D eigenvalue weighted by Gasteiger charge is -2.27. The van der Waals surface area contributed by atoms with Crippen molar-refractivity contribution in [3.8, 4) is 0 Å². The molecule has 0 spiro atoms. The van der Waals surface area contributed by atoms with Crippen LogP contribution < -0.4 is 0 Å².